The maximum atomic E-state index is 10.8. The minimum atomic E-state index is -1.36. The number of carbonyl (C=O) groups is 2. The third kappa shape index (κ3) is 3.91. The molecule has 1 unspecified atom stereocenters. The first-order chi connectivity index (χ1) is 8.81. The van der Waals surface area contributed by atoms with Crippen LogP contribution in [0.2, 0.25) is 0 Å². The van der Waals surface area contributed by atoms with Gasteiger partial charge in [-0.1, -0.05) is 0 Å². The fourth-order valence-electron chi connectivity index (χ4n) is 1.37. The van der Waals surface area contributed by atoms with Crippen LogP contribution in [0.15, 0.2) is 12.3 Å². The van der Waals surface area contributed by atoms with Crippen LogP contribution in [0.4, 0.5) is 11.5 Å². The molecule has 9 heteroatoms. The van der Waals surface area contributed by atoms with Gasteiger partial charge in [0.05, 0.1) is 11.3 Å². The summed E-state index contributed by atoms with van der Waals surface area (Å²) >= 11 is 0. The highest BCUT2D eigenvalue weighted by Gasteiger charge is 2.22. The molecule has 0 aliphatic rings. The second kappa shape index (κ2) is 5.76. The van der Waals surface area contributed by atoms with Gasteiger partial charge in [0.1, 0.15) is 18.1 Å². The Kier molecular flexibility index (Phi) is 4.35. The zero-order valence-electron chi connectivity index (χ0n) is 9.86. The summed E-state index contributed by atoms with van der Waals surface area (Å²) in [7, 11) is 0. The number of carboxylic acid groups (broad SMARTS) is 2. The monoisotopic (exact) mass is 269 g/mol. The van der Waals surface area contributed by atoms with Crippen molar-refractivity contribution in [3.05, 3.63) is 27.9 Å². The molecule has 9 nitrogen and oxygen atoms in total. The Balaban J connectivity index is 2.91. The fourth-order valence-corrected chi connectivity index (χ4v) is 1.37. The van der Waals surface area contributed by atoms with Crippen LogP contribution < -0.4 is 5.32 Å². The minimum absolute atomic E-state index is 0.0664. The molecule has 3 N–H and O–H groups in total. The van der Waals surface area contributed by atoms with E-state index in [4.69, 9.17) is 10.2 Å². The molecule has 1 aromatic heterocycles. The molecule has 0 amide bonds. The largest absolute Gasteiger partial charge is 0.481 e. The van der Waals surface area contributed by atoms with Crippen LogP contribution in [0.25, 0.3) is 0 Å². The van der Waals surface area contributed by atoms with E-state index in [-0.39, 0.29) is 11.5 Å². The van der Waals surface area contributed by atoms with Crippen LogP contribution in [0.1, 0.15) is 12.0 Å². The van der Waals surface area contributed by atoms with Crippen molar-refractivity contribution in [3.8, 4) is 0 Å². The Morgan fingerprint density at radius 2 is 2.16 bits per heavy atom. The molecule has 1 rings (SSSR count). The molecule has 0 fully saturated rings. The maximum absolute atomic E-state index is 10.8. The molecule has 1 aromatic rings. The van der Waals surface area contributed by atoms with E-state index in [1.807, 2.05) is 0 Å². The first-order valence-electron chi connectivity index (χ1n) is 5.13. The smallest absolute Gasteiger partial charge is 0.326 e. The number of aryl methyl sites for hydroxylation is 1. The van der Waals surface area contributed by atoms with E-state index in [9.17, 15) is 19.7 Å². The van der Waals surface area contributed by atoms with E-state index in [1.54, 1.807) is 0 Å². The first-order valence-corrected chi connectivity index (χ1v) is 5.13. The van der Waals surface area contributed by atoms with Gasteiger partial charge in [0.25, 0.3) is 5.69 Å². The Morgan fingerprint density at radius 1 is 1.53 bits per heavy atom. The van der Waals surface area contributed by atoms with Crippen LogP contribution in [0.5, 0.6) is 0 Å². The van der Waals surface area contributed by atoms with Gasteiger partial charge in [0.15, 0.2) is 0 Å². The van der Waals surface area contributed by atoms with Gasteiger partial charge >= 0.3 is 11.9 Å². The predicted molar refractivity (Wildman–Crippen MR) is 62.9 cm³/mol. The highest BCUT2D eigenvalue weighted by molar-refractivity contribution is 5.83. The van der Waals surface area contributed by atoms with E-state index in [0.29, 0.717) is 5.56 Å². The van der Waals surface area contributed by atoms with Crippen molar-refractivity contribution < 1.29 is 24.7 Å². The van der Waals surface area contributed by atoms with Gasteiger partial charge < -0.3 is 15.5 Å². The Bertz CT molecular complexity index is 530. The number of aromatic nitrogens is 1. The Labute approximate surface area is 107 Å². The first kappa shape index (κ1) is 14.4. The average molecular weight is 269 g/mol. The molecule has 1 heterocycles. The van der Waals surface area contributed by atoms with Crippen LogP contribution in [-0.2, 0) is 9.59 Å². The molecule has 0 spiro atoms. The molecule has 0 radical (unpaired) electrons. The second-order valence-corrected chi connectivity index (χ2v) is 3.75. The van der Waals surface area contributed by atoms with Crippen LogP contribution in [0.3, 0.4) is 0 Å². The van der Waals surface area contributed by atoms with Crippen LogP contribution >= 0.6 is 0 Å². The lowest BCUT2D eigenvalue weighted by molar-refractivity contribution is -0.385. The lowest BCUT2D eigenvalue weighted by atomic mass is 10.2. The van der Waals surface area contributed by atoms with Crippen molar-refractivity contribution in [3.63, 3.8) is 0 Å². The number of anilines is 1. The zero-order chi connectivity index (χ0) is 14.6. The van der Waals surface area contributed by atoms with Crippen molar-refractivity contribution in [2.75, 3.05) is 5.32 Å². The van der Waals surface area contributed by atoms with E-state index in [1.165, 1.54) is 13.0 Å². The van der Waals surface area contributed by atoms with Gasteiger partial charge in [0.2, 0.25) is 0 Å². The second-order valence-electron chi connectivity index (χ2n) is 3.75. The average Bonchev–Trinajstić information content (AvgIpc) is 2.26. The summed E-state index contributed by atoms with van der Waals surface area (Å²) < 4.78 is 0. The van der Waals surface area contributed by atoms with Crippen LogP contribution in [-0.4, -0.2) is 38.1 Å². The molecular formula is C10H11N3O6. The number of nitro groups is 1. The number of hydrogen-bond donors (Lipinski definition) is 3. The number of nitrogens with one attached hydrogen (secondary N) is 1. The van der Waals surface area contributed by atoms with Crippen molar-refractivity contribution >= 4 is 23.4 Å². The van der Waals surface area contributed by atoms with E-state index < -0.39 is 29.3 Å². The van der Waals surface area contributed by atoms with Gasteiger partial charge in [-0.05, 0) is 13.0 Å². The molecule has 102 valence electrons. The lowest BCUT2D eigenvalue weighted by Crippen LogP contribution is -2.32. The summed E-state index contributed by atoms with van der Waals surface area (Å²) in [5, 5.41) is 30.4. The number of carboxylic acids is 2. The Morgan fingerprint density at radius 3 is 2.58 bits per heavy atom. The molecule has 0 saturated carbocycles. The summed E-state index contributed by atoms with van der Waals surface area (Å²) in [6.07, 6.45) is 0.352. The predicted octanol–water partition coefficient (Wildman–Crippen LogP) is 0.638. The summed E-state index contributed by atoms with van der Waals surface area (Å²) in [5.74, 6) is -2.56. The van der Waals surface area contributed by atoms with Crippen molar-refractivity contribution in [2.24, 2.45) is 0 Å². The van der Waals surface area contributed by atoms with Gasteiger partial charge in [-0.25, -0.2) is 9.78 Å². The van der Waals surface area contributed by atoms with E-state index >= 15 is 0 Å². The van der Waals surface area contributed by atoms with Gasteiger partial charge in [-0.15, -0.1) is 0 Å². The summed E-state index contributed by atoms with van der Waals surface area (Å²) in [6.45, 7) is 1.47. The van der Waals surface area contributed by atoms with Crippen LogP contribution in [0, 0.1) is 17.0 Å². The van der Waals surface area contributed by atoms with Gasteiger partial charge in [0, 0.05) is 5.56 Å². The molecule has 0 bridgehead atoms. The van der Waals surface area contributed by atoms with E-state index in [2.05, 4.69) is 10.3 Å². The summed E-state index contributed by atoms with van der Waals surface area (Å²) in [4.78, 5) is 35.0. The quantitative estimate of drug-likeness (QED) is 0.504. The van der Waals surface area contributed by atoms with Crippen molar-refractivity contribution in [1.82, 2.24) is 4.98 Å². The molecule has 0 aliphatic carbocycles. The molecule has 19 heavy (non-hydrogen) atoms. The van der Waals surface area contributed by atoms with E-state index in [0.717, 1.165) is 6.20 Å². The number of hydrogen-bond acceptors (Lipinski definition) is 6. The molecule has 0 aromatic carbocycles. The highest BCUT2D eigenvalue weighted by atomic mass is 16.6. The molecule has 0 saturated heterocycles. The fraction of sp³-hybridized carbons (Fsp3) is 0.300. The van der Waals surface area contributed by atoms with Crippen molar-refractivity contribution in [1.29, 1.82) is 0 Å². The minimum Gasteiger partial charge on any atom is -0.481 e. The SMILES string of the molecule is Cc1cc(NC(CC(=O)O)C(=O)O)ncc1[N+](=O)[O-]. The van der Waals surface area contributed by atoms with Gasteiger partial charge in [-0.3, -0.25) is 14.9 Å². The maximum Gasteiger partial charge on any atom is 0.326 e. The topological polar surface area (TPSA) is 143 Å². The zero-order valence-corrected chi connectivity index (χ0v) is 9.86. The third-order valence-corrected chi connectivity index (χ3v) is 2.28. The number of pyridine rings is 1. The standard InChI is InChI=1S/C10H11N3O6/c1-5-2-8(11-4-7(5)13(18)19)12-6(10(16)17)3-9(14)15/h2,4,6H,3H2,1H3,(H,11,12)(H,14,15)(H,16,17). The number of aliphatic carboxylic acids is 2. The summed E-state index contributed by atoms with van der Waals surface area (Å²) in [5.41, 5.74) is 0.0950. The lowest BCUT2D eigenvalue weighted by Gasteiger charge is -2.13. The Hall–Kier alpha value is -2.71. The van der Waals surface area contributed by atoms with Gasteiger partial charge in [-0.2, -0.15) is 0 Å². The normalized spacial score (nSPS) is 11.6. The molecular weight excluding hydrogens is 258 g/mol. The number of rotatable bonds is 6. The van der Waals surface area contributed by atoms with Crippen molar-refractivity contribution in [2.45, 2.75) is 19.4 Å². The third-order valence-electron chi connectivity index (χ3n) is 2.28. The summed E-state index contributed by atoms with van der Waals surface area (Å²) in [6, 6.07) is -0.0681. The molecule has 1 atom stereocenters. The highest BCUT2D eigenvalue weighted by Crippen LogP contribution is 2.19. The molecule has 0 aliphatic heterocycles. The number of nitrogens with zero attached hydrogens (tertiary/aromatic N) is 2.